The smallest absolute Gasteiger partial charge is 0.289 e. The summed E-state index contributed by atoms with van der Waals surface area (Å²) in [5.74, 6) is -0.859. The van der Waals surface area contributed by atoms with Crippen LogP contribution in [0, 0.1) is 10.1 Å². The number of nitro groups is 1. The molecule has 1 fully saturated rings. The first kappa shape index (κ1) is 20.3. The van der Waals surface area contributed by atoms with Gasteiger partial charge in [0.25, 0.3) is 5.69 Å². The first-order chi connectivity index (χ1) is 12.1. The van der Waals surface area contributed by atoms with Crippen LogP contribution in [0.15, 0.2) is 29.2 Å². The molecule has 0 saturated carbocycles. The summed E-state index contributed by atoms with van der Waals surface area (Å²) in [4.78, 5) is 21.9. The number of nitro benzene ring substituents is 1. The van der Waals surface area contributed by atoms with Gasteiger partial charge in [-0.2, -0.15) is 4.31 Å². The molecule has 0 bridgehead atoms. The summed E-state index contributed by atoms with van der Waals surface area (Å²) in [7, 11) is -7.45. The zero-order chi connectivity index (χ0) is 19.5. The molecule has 0 radical (unpaired) electrons. The molecule has 1 aromatic rings. The lowest BCUT2D eigenvalue weighted by molar-refractivity contribution is -0.387. The van der Waals surface area contributed by atoms with E-state index in [-0.39, 0.29) is 24.5 Å². The molecule has 1 atom stereocenters. The van der Waals surface area contributed by atoms with Crippen molar-refractivity contribution in [3.63, 3.8) is 0 Å². The van der Waals surface area contributed by atoms with Gasteiger partial charge in [0.1, 0.15) is 0 Å². The quantitative estimate of drug-likeness (QED) is 0.493. The van der Waals surface area contributed by atoms with E-state index in [1.54, 1.807) is 0 Å². The number of benzene rings is 1. The van der Waals surface area contributed by atoms with Crippen molar-refractivity contribution in [1.82, 2.24) is 9.62 Å². The average Bonchev–Trinajstić information content (AvgIpc) is 2.90. The van der Waals surface area contributed by atoms with E-state index in [0.717, 1.165) is 16.4 Å². The van der Waals surface area contributed by atoms with Gasteiger partial charge in [-0.05, 0) is 12.5 Å². The number of rotatable bonds is 7. The molecule has 1 unspecified atom stereocenters. The van der Waals surface area contributed by atoms with E-state index in [9.17, 15) is 31.7 Å². The Bertz CT molecular complexity index is 912. The van der Waals surface area contributed by atoms with Gasteiger partial charge in [-0.15, -0.1) is 0 Å². The number of hydrogen-bond donors (Lipinski definition) is 1. The highest BCUT2D eigenvalue weighted by molar-refractivity contribution is 7.91. The maximum absolute atomic E-state index is 12.7. The molecule has 2 rings (SSSR count). The average molecular weight is 405 g/mol. The molecule has 0 aromatic heterocycles. The van der Waals surface area contributed by atoms with Crippen molar-refractivity contribution < 1.29 is 26.6 Å². The highest BCUT2D eigenvalue weighted by Crippen LogP contribution is 2.26. The molecule has 1 aliphatic rings. The number of carbonyl (C=O) groups excluding carboxylic acids is 1. The minimum Gasteiger partial charge on any atom is -0.351 e. The lowest BCUT2D eigenvalue weighted by atomic mass is 10.2. The van der Waals surface area contributed by atoms with Gasteiger partial charge in [-0.25, -0.2) is 16.8 Å². The summed E-state index contributed by atoms with van der Waals surface area (Å²) in [6.45, 7) is 0.867. The summed E-state index contributed by atoms with van der Waals surface area (Å²) in [5, 5.41) is 13.6. The number of hydrogen-bond acceptors (Lipinski definition) is 7. The third kappa shape index (κ3) is 4.56. The van der Waals surface area contributed by atoms with Gasteiger partial charge >= 0.3 is 0 Å². The minimum absolute atomic E-state index is 0.0239. The van der Waals surface area contributed by atoms with Crippen molar-refractivity contribution in [2.75, 3.05) is 24.6 Å². The third-order valence-electron chi connectivity index (χ3n) is 3.95. The van der Waals surface area contributed by atoms with Crippen LogP contribution in [0.25, 0.3) is 0 Å². The number of nitrogens with zero attached hydrogens (tertiary/aromatic N) is 2. The van der Waals surface area contributed by atoms with Crippen LogP contribution in [0.3, 0.4) is 0 Å². The lowest BCUT2D eigenvalue weighted by Gasteiger charge is -2.21. The zero-order valence-corrected chi connectivity index (χ0v) is 15.6. The summed E-state index contributed by atoms with van der Waals surface area (Å²) in [5.41, 5.74) is -0.576. The van der Waals surface area contributed by atoms with Crippen LogP contribution in [0.1, 0.15) is 13.3 Å². The molecule has 1 amide bonds. The van der Waals surface area contributed by atoms with Crippen LogP contribution in [0.4, 0.5) is 5.69 Å². The fraction of sp³-hybridized carbons (Fsp3) is 0.500. The second kappa shape index (κ2) is 7.68. The third-order valence-corrected chi connectivity index (χ3v) is 7.69. The van der Waals surface area contributed by atoms with Crippen molar-refractivity contribution in [2.45, 2.75) is 24.3 Å². The molecule has 1 heterocycles. The van der Waals surface area contributed by atoms with Crippen molar-refractivity contribution in [2.24, 2.45) is 0 Å². The highest BCUT2D eigenvalue weighted by atomic mass is 32.2. The van der Waals surface area contributed by atoms with Crippen LogP contribution in [-0.2, 0) is 24.7 Å². The Morgan fingerprint density at radius 2 is 2.04 bits per heavy atom. The Morgan fingerprint density at radius 3 is 2.58 bits per heavy atom. The molecule has 26 heavy (non-hydrogen) atoms. The van der Waals surface area contributed by atoms with Crippen molar-refractivity contribution in [3.05, 3.63) is 34.4 Å². The Labute approximate surface area is 151 Å². The number of sulfonamides is 1. The molecule has 144 valence electrons. The first-order valence-corrected chi connectivity index (χ1v) is 11.1. The number of likely N-dealkylation sites (N-methyl/N-ethyl adjacent to an activating group) is 1. The topological polar surface area (TPSA) is 144 Å². The first-order valence-electron chi connectivity index (χ1n) is 7.80. The molecular formula is C14H19N3O7S2. The normalized spacial score (nSPS) is 19.4. The molecular weight excluding hydrogens is 386 g/mol. The molecule has 1 saturated heterocycles. The summed E-state index contributed by atoms with van der Waals surface area (Å²) >= 11 is 0. The monoisotopic (exact) mass is 405 g/mol. The number of amides is 1. The Hall–Kier alpha value is -2.05. The minimum atomic E-state index is -4.27. The fourth-order valence-corrected chi connectivity index (χ4v) is 5.91. The molecule has 1 aromatic carbocycles. The number of sulfone groups is 1. The summed E-state index contributed by atoms with van der Waals surface area (Å²) in [6.07, 6.45) is 0.275. The van der Waals surface area contributed by atoms with E-state index >= 15 is 0 Å². The molecule has 1 N–H and O–H groups in total. The van der Waals surface area contributed by atoms with E-state index < -0.39 is 53.9 Å². The lowest BCUT2D eigenvalue weighted by Crippen LogP contribution is -2.44. The Balaban J connectivity index is 2.17. The molecule has 12 heteroatoms. The van der Waals surface area contributed by atoms with Crippen LogP contribution < -0.4 is 5.32 Å². The van der Waals surface area contributed by atoms with E-state index in [1.165, 1.54) is 19.1 Å². The fourth-order valence-electron chi connectivity index (χ4n) is 2.67. The van der Waals surface area contributed by atoms with Crippen LogP contribution in [0.5, 0.6) is 0 Å². The van der Waals surface area contributed by atoms with Gasteiger partial charge in [0.2, 0.25) is 15.9 Å². The van der Waals surface area contributed by atoms with Crippen molar-refractivity contribution in [1.29, 1.82) is 0 Å². The molecule has 1 aliphatic heterocycles. The standard InChI is InChI=1S/C14H19N3O7S2/c1-2-16(9-14(18)15-11-7-8-25(21,22)10-11)26(23,24)13-6-4-3-5-12(13)17(19)20/h3-6,11H,2,7-10H2,1H3,(H,15,18). The Morgan fingerprint density at radius 1 is 1.38 bits per heavy atom. The number of nitrogens with one attached hydrogen (secondary N) is 1. The second-order valence-corrected chi connectivity index (χ2v) is 9.96. The van der Waals surface area contributed by atoms with E-state index in [4.69, 9.17) is 0 Å². The van der Waals surface area contributed by atoms with Gasteiger partial charge in [-0.3, -0.25) is 14.9 Å². The SMILES string of the molecule is CCN(CC(=O)NC1CCS(=O)(=O)C1)S(=O)(=O)c1ccccc1[N+](=O)[O-]. The molecule has 10 nitrogen and oxygen atoms in total. The molecule has 0 aliphatic carbocycles. The van der Waals surface area contributed by atoms with E-state index in [0.29, 0.717) is 0 Å². The molecule has 0 spiro atoms. The van der Waals surface area contributed by atoms with Gasteiger partial charge in [0.15, 0.2) is 14.7 Å². The van der Waals surface area contributed by atoms with Gasteiger partial charge in [0, 0.05) is 18.7 Å². The maximum Gasteiger partial charge on any atom is 0.289 e. The van der Waals surface area contributed by atoms with E-state index in [1.807, 2.05) is 0 Å². The van der Waals surface area contributed by atoms with E-state index in [2.05, 4.69) is 5.32 Å². The van der Waals surface area contributed by atoms with Crippen molar-refractivity contribution in [3.8, 4) is 0 Å². The highest BCUT2D eigenvalue weighted by Gasteiger charge is 2.33. The second-order valence-electron chi connectivity index (χ2n) is 5.82. The van der Waals surface area contributed by atoms with Crippen LogP contribution in [-0.4, -0.2) is 62.6 Å². The zero-order valence-electron chi connectivity index (χ0n) is 14.0. The van der Waals surface area contributed by atoms with Gasteiger partial charge in [-0.1, -0.05) is 19.1 Å². The summed E-state index contributed by atoms with van der Waals surface area (Å²) < 4.78 is 49.1. The van der Waals surface area contributed by atoms with Gasteiger partial charge < -0.3 is 5.32 Å². The van der Waals surface area contributed by atoms with Gasteiger partial charge in [0.05, 0.1) is 23.0 Å². The predicted octanol–water partition coefficient (Wildman–Crippen LogP) is -0.0913. The number of carbonyl (C=O) groups is 1. The number of para-hydroxylation sites is 1. The Kier molecular flexibility index (Phi) is 5.98. The van der Waals surface area contributed by atoms with Crippen LogP contribution >= 0.6 is 0 Å². The predicted molar refractivity (Wildman–Crippen MR) is 92.7 cm³/mol. The summed E-state index contributed by atoms with van der Waals surface area (Å²) in [6, 6.07) is 4.33. The maximum atomic E-state index is 12.7. The largest absolute Gasteiger partial charge is 0.351 e. The van der Waals surface area contributed by atoms with Crippen molar-refractivity contribution >= 4 is 31.5 Å². The van der Waals surface area contributed by atoms with Crippen LogP contribution in [0.2, 0.25) is 0 Å².